The molecular weight excluding hydrogens is 134 g/mol. The molecule has 0 saturated carbocycles. The third kappa shape index (κ3) is 2.57. The molecule has 2 atom stereocenters. The lowest BCUT2D eigenvalue weighted by Gasteiger charge is -2.20. The van der Waals surface area contributed by atoms with Gasteiger partial charge in [-0.25, -0.2) is 0 Å². The molecule has 0 spiro atoms. The van der Waals surface area contributed by atoms with Crippen LogP contribution in [0, 0.1) is 11.8 Å². The van der Waals surface area contributed by atoms with Crippen LogP contribution in [0.3, 0.4) is 0 Å². The first-order chi connectivity index (χ1) is 5.20. The lowest BCUT2D eigenvalue weighted by Crippen LogP contribution is -2.14. The first kappa shape index (κ1) is 8.63. The molecule has 1 rings (SSSR count). The summed E-state index contributed by atoms with van der Waals surface area (Å²) in [5.41, 5.74) is 6.98. The van der Waals surface area contributed by atoms with Crippen molar-refractivity contribution < 1.29 is 0 Å². The normalized spacial score (nSPS) is 33.8. The standard InChI is InChI=1S/C10H19N/c1-8-5-3-4-6-10(11)9(2)7-8/h6,8-9H,3-5,7,11H2,1-2H3. The Morgan fingerprint density at radius 2 is 2.18 bits per heavy atom. The van der Waals surface area contributed by atoms with E-state index in [1.807, 2.05) is 0 Å². The van der Waals surface area contributed by atoms with Gasteiger partial charge >= 0.3 is 0 Å². The fourth-order valence-electron chi connectivity index (χ4n) is 1.79. The van der Waals surface area contributed by atoms with Gasteiger partial charge in [-0.15, -0.1) is 0 Å². The lowest BCUT2D eigenvalue weighted by atomic mass is 9.88. The van der Waals surface area contributed by atoms with Gasteiger partial charge in [0.15, 0.2) is 0 Å². The Kier molecular flexibility index (Phi) is 2.98. The second-order valence-electron chi connectivity index (χ2n) is 3.88. The Balaban J connectivity index is 2.55. The third-order valence-corrected chi connectivity index (χ3v) is 2.61. The molecule has 2 unspecified atom stereocenters. The van der Waals surface area contributed by atoms with Crippen LogP contribution < -0.4 is 5.73 Å². The van der Waals surface area contributed by atoms with Gasteiger partial charge in [0.05, 0.1) is 0 Å². The fraction of sp³-hybridized carbons (Fsp3) is 0.800. The van der Waals surface area contributed by atoms with Crippen molar-refractivity contribution in [2.24, 2.45) is 17.6 Å². The van der Waals surface area contributed by atoms with Gasteiger partial charge < -0.3 is 5.73 Å². The lowest BCUT2D eigenvalue weighted by molar-refractivity contribution is 0.405. The summed E-state index contributed by atoms with van der Waals surface area (Å²) in [6, 6.07) is 0. The fourth-order valence-corrected chi connectivity index (χ4v) is 1.79. The van der Waals surface area contributed by atoms with E-state index in [9.17, 15) is 0 Å². The molecule has 0 aliphatic heterocycles. The van der Waals surface area contributed by atoms with E-state index in [2.05, 4.69) is 19.9 Å². The van der Waals surface area contributed by atoms with Crippen LogP contribution in [-0.4, -0.2) is 0 Å². The first-order valence-electron chi connectivity index (χ1n) is 4.65. The number of allylic oxidation sites excluding steroid dienone is 2. The van der Waals surface area contributed by atoms with Gasteiger partial charge in [-0.1, -0.05) is 26.3 Å². The van der Waals surface area contributed by atoms with Gasteiger partial charge in [0, 0.05) is 5.70 Å². The number of hydrogen-bond acceptors (Lipinski definition) is 1. The summed E-state index contributed by atoms with van der Waals surface area (Å²) in [5, 5.41) is 0. The number of hydrogen-bond donors (Lipinski definition) is 1. The van der Waals surface area contributed by atoms with Crippen molar-refractivity contribution in [1.29, 1.82) is 0 Å². The van der Waals surface area contributed by atoms with Crippen LogP contribution in [0.2, 0.25) is 0 Å². The van der Waals surface area contributed by atoms with Crippen molar-refractivity contribution in [1.82, 2.24) is 0 Å². The summed E-state index contributed by atoms with van der Waals surface area (Å²) in [6.07, 6.45) is 7.34. The maximum Gasteiger partial charge on any atom is 0.00688 e. The summed E-state index contributed by atoms with van der Waals surface area (Å²) in [5.74, 6) is 1.46. The molecule has 1 aliphatic carbocycles. The van der Waals surface area contributed by atoms with Gasteiger partial charge in [0.2, 0.25) is 0 Å². The minimum Gasteiger partial charge on any atom is -0.402 e. The van der Waals surface area contributed by atoms with E-state index in [0.717, 1.165) is 11.6 Å². The van der Waals surface area contributed by atoms with Crippen LogP contribution in [0.15, 0.2) is 11.8 Å². The van der Waals surface area contributed by atoms with Gasteiger partial charge in [0.1, 0.15) is 0 Å². The highest BCUT2D eigenvalue weighted by atomic mass is 14.6. The molecule has 0 fully saturated rings. The second kappa shape index (κ2) is 3.80. The van der Waals surface area contributed by atoms with Crippen molar-refractivity contribution in [3.63, 3.8) is 0 Å². The molecule has 0 aromatic rings. The van der Waals surface area contributed by atoms with Crippen molar-refractivity contribution >= 4 is 0 Å². The minimum absolute atomic E-state index is 0.602. The largest absolute Gasteiger partial charge is 0.402 e. The van der Waals surface area contributed by atoms with Gasteiger partial charge in [0.25, 0.3) is 0 Å². The molecule has 2 N–H and O–H groups in total. The second-order valence-corrected chi connectivity index (χ2v) is 3.88. The Morgan fingerprint density at radius 1 is 1.45 bits per heavy atom. The van der Waals surface area contributed by atoms with Crippen molar-refractivity contribution in [3.05, 3.63) is 11.8 Å². The molecule has 0 amide bonds. The van der Waals surface area contributed by atoms with Crippen molar-refractivity contribution in [3.8, 4) is 0 Å². The van der Waals surface area contributed by atoms with Crippen LogP contribution >= 0.6 is 0 Å². The average molecular weight is 153 g/mol. The monoisotopic (exact) mass is 153 g/mol. The van der Waals surface area contributed by atoms with Crippen LogP contribution in [0.5, 0.6) is 0 Å². The van der Waals surface area contributed by atoms with Gasteiger partial charge in [-0.3, -0.25) is 0 Å². The molecule has 64 valence electrons. The Labute approximate surface area is 69.7 Å². The minimum atomic E-state index is 0.602. The molecule has 1 aliphatic rings. The third-order valence-electron chi connectivity index (χ3n) is 2.61. The summed E-state index contributed by atoms with van der Waals surface area (Å²) in [6.45, 7) is 4.56. The van der Waals surface area contributed by atoms with Crippen molar-refractivity contribution in [2.75, 3.05) is 0 Å². The molecule has 11 heavy (non-hydrogen) atoms. The van der Waals surface area contributed by atoms with E-state index in [0.29, 0.717) is 5.92 Å². The maximum atomic E-state index is 5.87. The summed E-state index contributed by atoms with van der Waals surface area (Å²) in [4.78, 5) is 0. The van der Waals surface area contributed by atoms with E-state index >= 15 is 0 Å². The van der Waals surface area contributed by atoms with Crippen LogP contribution in [0.4, 0.5) is 0 Å². The Bertz CT molecular complexity index is 149. The smallest absolute Gasteiger partial charge is 0.00688 e. The van der Waals surface area contributed by atoms with E-state index in [1.54, 1.807) is 0 Å². The molecular formula is C10H19N. The summed E-state index contributed by atoms with van der Waals surface area (Å²) >= 11 is 0. The van der Waals surface area contributed by atoms with E-state index in [-0.39, 0.29) is 0 Å². The molecule has 0 aromatic carbocycles. The Hall–Kier alpha value is -0.460. The molecule has 0 bridgehead atoms. The zero-order valence-electron chi connectivity index (χ0n) is 7.64. The quantitative estimate of drug-likeness (QED) is 0.569. The number of nitrogens with two attached hydrogens (primary N) is 1. The number of rotatable bonds is 0. The van der Waals surface area contributed by atoms with E-state index in [4.69, 9.17) is 5.73 Å². The zero-order chi connectivity index (χ0) is 8.27. The Morgan fingerprint density at radius 3 is 2.91 bits per heavy atom. The van der Waals surface area contributed by atoms with Crippen LogP contribution in [0.25, 0.3) is 0 Å². The predicted octanol–water partition coefficient (Wildman–Crippen LogP) is 2.68. The maximum absolute atomic E-state index is 5.87. The van der Waals surface area contributed by atoms with Crippen molar-refractivity contribution in [2.45, 2.75) is 39.5 Å². The van der Waals surface area contributed by atoms with E-state index in [1.165, 1.54) is 25.7 Å². The molecule has 1 heteroatoms. The average Bonchev–Trinajstić information content (AvgIpc) is 1.95. The topological polar surface area (TPSA) is 26.0 Å². The summed E-state index contributed by atoms with van der Waals surface area (Å²) in [7, 11) is 0. The zero-order valence-corrected chi connectivity index (χ0v) is 7.64. The molecule has 0 heterocycles. The highest BCUT2D eigenvalue weighted by Gasteiger charge is 2.12. The first-order valence-corrected chi connectivity index (χ1v) is 4.65. The van der Waals surface area contributed by atoms with E-state index < -0.39 is 0 Å². The summed E-state index contributed by atoms with van der Waals surface area (Å²) < 4.78 is 0. The van der Waals surface area contributed by atoms with Crippen LogP contribution in [0.1, 0.15) is 39.5 Å². The predicted molar refractivity (Wildman–Crippen MR) is 49.1 cm³/mol. The van der Waals surface area contributed by atoms with Gasteiger partial charge in [-0.05, 0) is 31.1 Å². The highest BCUT2D eigenvalue weighted by molar-refractivity contribution is 5.01. The SMILES string of the molecule is CC1CCCC=C(N)C(C)C1. The van der Waals surface area contributed by atoms with Crippen LogP contribution in [-0.2, 0) is 0 Å². The molecule has 1 nitrogen and oxygen atoms in total. The van der Waals surface area contributed by atoms with Gasteiger partial charge in [-0.2, -0.15) is 0 Å². The molecule has 0 radical (unpaired) electrons. The molecule has 0 aromatic heterocycles. The highest BCUT2D eigenvalue weighted by Crippen LogP contribution is 2.24. The molecule has 0 saturated heterocycles.